The summed E-state index contributed by atoms with van der Waals surface area (Å²) < 4.78 is 5.90. The highest BCUT2D eigenvalue weighted by Gasteiger charge is 2.07. The molecule has 154 valence electrons. The molecule has 0 saturated heterocycles. The van der Waals surface area contributed by atoms with Gasteiger partial charge in [-0.2, -0.15) is 0 Å². The van der Waals surface area contributed by atoms with Gasteiger partial charge in [-0.1, -0.05) is 76.5 Å². The summed E-state index contributed by atoms with van der Waals surface area (Å²) in [6, 6.07) is 17.9. The molecule has 3 aromatic rings. The predicted octanol–water partition coefficient (Wildman–Crippen LogP) is 7.96. The second-order valence-electron chi connectivity index (χ2n) is 7.85. The lowest BCUT2D eigenvalue weighted by Gasteiger charge is -2.06. The van der Waals surface area contributed by atoms with Crippen LogP contribution in [-0.4, -0.2) is 5.91 Å². The van der Waals surface area contributed by atoms with Crippen molar-refractivity contribution in [3.8, 4) is 11.3 Å². The van der Waals surface area contributed by atoms with Crippen molar-refractivity contribution in [2.75, 3.05) is 5.32 Å². The van der Waals surface area contributed by atoms with Crippen LogP contribution in [0.15, 0.2) is 59.0 Å². The second kappa shape index (κ2) is 11.5. The fourth-order valence-electron chi connectivity index (χ4n) is 3.66. The van der Waals surface area contributed by atoms with Gasteiger partial charge in [-0.3, -0.25) is 4.79 Å². The van der Waals surface area contributed by atoms with E-state index in [1.807, 2.05) is 54.6 Å². The number of hydrogen-bond acceptors (Lipinski definition) is 2. The smallest absolute Gasteiger partial charge is 0.224 e. The molecule has 0 saturated carbocycles. The monoisotopic (exact) mass is 391 g/mol. The van der Waals surface area contributed by atoms with E-state index in [2.05, 4.69) is 12.2 Å². The highest BCUT2D eigenvalue weighted by Crippen LogP contribution is 2.28. The molecule has 0 fully saturated rings. The van der Waals surface area contributed by atoms with Gasteiger partial charge in [0.15, 0.2) is 0 Å². The highest BCUT2D eigenvalue weighted by atomic mass is 16.3. The molecule has 1 aromatic heterocycles. The summed E-state index contributed by atoms with van der Waals surface area (Å²) >= 11 is 0. The number of unbranched alkanes of at least 4 members (excludes halogenated alkanes) is 8. The lowest BCUT2D eigenvalue weighted by molar-refractivity contribution is -0.116. The van der Waals surface area contributed by atoms with Crippen LogP contribution < -0.4 is 5.32 Å². The maximum Gasteiger partial charge on any atom is 0.224 e. The molecule has 1 heterocycles. The molecule has 0 aliphatic carbocycles. The third-order valence-corrected chi connectivity index (χ3v) is 5.39. The first kappa shape index (κ1) is 21.2. The molecule has 0 atom stereocenters. The molecule has 3 heteroatoms. The van der Waals surface area contributed by atoms with Crippen molar-refractivity contribution >= 4 is 22.6 Å². The van der Waals surface area contributed by atoms with Gasteiger partial charge >= 0.3 is 0 Å². The number of anilines is 1. The van der Waals surface area contributed by atoms with Gasteiger partial charge in [-0.05, 0) is 42.8 Å². The van der Waals surface area contributed by atoms with Crippen molar-refractivity contribution in [2.45, 2.75) is 71.1 Å². The molecular weight excluding hydrogens is 358 g/mol. The Balaban J connectivity index is 1.36. The lowest BCUT2D eigenvalue weighted by Crippen LogP contribution is -2.10. The zero-order valence-corrected chi connectivity index (χ0v) is 17.6. The minimum atomic E-state index is 0.101. The number of benzene rings is 2. The summed E-state index contributed by atoms with van der Waals surface area (Å²) in [6.45, 7) is 2.25. The quantitative estimate of drug-likeness (QED) is 0.318. The van der Waals surface area contributed by atoms with E-state index in [-0.39, 0.29) is 5.91 Å². The molecule has 0 spiro atoms. The molecule has 29 heavy (non-hydrogen) atoms. The number of carbonyl (C=O) groups excluding carboxylic acids is 1. The average Bonchev–Trinajstić information content (AvgIpc) is 3.17. The number of hydrogen-bond donors (Lipinski definition) is 1. The summed E-state index contributed by atoms with van der Waals surface area (Å²) in [5.74, 6) is 0.947. The van der Waals surface area contributed by atoms with Crippen molar-refractivity contribution in [3.05, 3.63) is 54.6 Å². The predicted molar refractivity (Wildman–Crippen MR) is 122 cm³/mol. The largest absolute Gasteiger partial charge is 0.456 e. The van der Waals surface area contributed by atoms with Crippen LogP contribution in [0.5, 0.6) is 0 Å². The standard InChI is InChI=1S/C26H33NO2/c1-2-3-4-5-6-7-8-9-10-15-26(28)27-23-18-16-21(17-19-23)25-20-22-13-11-12-14-24(22)29-25/h11-14,16-20H,2-10,15H2,1H3,(H,27,28). The van der Waals surface area contributed by atoms with E-state index in [1.54, 1.807) is 0 Å². The zero-order chi connectivity index (χ0) is 20.3. The molecule has 0 aliphatic heterocycles. The van der Waals surface area contributed by atoms with Crippen molar-refractivity contribution in [1.82, 2.24) is 0 Å². The number of nitrogens with one attached hydrogen (secondary N) is 1. The van der Waals surface area contributed by atoms with Crippen LogP contribution in [-0.2, 0) is 4.79 Å². The molecule has 3 nitrogen and oxygen atoms in total. The molecule has 2 aromatic carbocycles. The van der Waals surface area contributed by atoms with Gasteiger partial charge in [0.2, 0.25) is 5.91 Å². The van der Waals surface area contributed by atoms with Crippen LogP contribution in [0, 0.1) is 0 Å². The normalized spacial score (nSPS) is 11.1. The Bertz CT molecular complexity index is 846. The van der Waals surface area contributed by atoms with Crippen LogP contribution >= 0.6 is 0 Å². The van der Waals surface area contributed by atoms with E-state index >= 15 is 0 Å². The molecule has 0 bridgehead atoms. The third-order valence-electron chi connectivity index (χ3n) is 5.39. The summed E-state index contributed by atoms with van der Waals surface area (Å²) in [5, 5.41) is 4.10. The Labute approximate surface area is 174 Å². The molecule has 0 unspecified atom stereocenters. The Morgan fingerprint density at radius 3 is 2.17 bits per heavy atom. The van der Waals surface area contributed by atoms with E-state index in [1.165, 1.54) is 44.9 Å². The van der Waals surface area contributed by atoms with Crippen LogP contribution in [0.25, 0.3) is 22.3 Å². The third kappa shape index (κ3) is 6.77. The molecule has 0 aliphatic rings. The number of para-hydroxylation sites is 1. The molecule has 0 radical (unpaired) electrons. The fraction of sp³-hybridized carbons (Fsp3) is 0.423. The number of amides is 1. The van der Waals surface area contributed by atoms with Crippen LogP contribution in [0.2, 0.25) is 0 Å². The van der Waals surface area contributed by atoms with Crippen LogP contribution in [0.3, 0.4) is 0 Å². The Kier molecular flexibility index (Phi) is 8.36. The van der Waals surface area contributed by atoms with Gasteiger partial charge in [-0.25, -0.2) is 0 Å². The van der Waals surface area contributed by atoms with E-state index < -0.39 is 0 Å². The van der Waals surface area contributed by atoms with E-state index in [0.29, 0.717) is 6.42 Å². The Morgan fingerprint density at radius 1 is 0.828 bits per heavy atom. The first-order valence-corrected chi connectivity index (χ1v) is 11.1. The summed E-state index contributed by atoms with van der Waals surface area (Å²) in [7, 11) is 0. The SMILES string of the molecule is CCCCCCCCCCCC(=O)Nc1ccc(-c2cc3ccccc3o2)cc1. The molecule has 3 rings (SSSR count). The average molecular weight is 392 g/mol. The van der Waals surface area contributed by atoms with E-state index in [4.69, 9.17) is 4.42 Å². The minimum Gasteiger partial charge on any atom is -0.456 e. The van der Waals surface area contributed by atoms with Crippen molar-refractivity contribution in [3.63, 3.8) is 0 Å². The maximum atomic E-state index is 12.2. The first-order valence-electron chi connectivity index (χ1n) is 11.1. The fourth-order valence-corrected chi connectivity index (χ4v) is 3.66. The number of rotatable bonds is 12. The van der Waals surface area contributed by atoms with Crippen molar-refractivity contribution in [2.24, 2.45) is 0 Å². The Morgan fingerprint density at radius 2 is 1.48 bits per heavy atom. The van der Waals surface area contributed by atoms with Crippen LogP contribution in [0.4, 0.5) is 5.69 Å². The summed E-state index contributed by atoms with van der Waals surface area (Å²) in [6.07, 6.45) is 12.0. The van der Waals surface area contributed by atoms with Gasteiger partial charge in [-0.15, -0.1) is 0 Å². The first-order chi connectivity index (χ1) is 14.3. The summed E-state index contributed by atoms with van der Waals surface area (Å²) in [5.41, 5.74) is 2.74. The van der Waals surface area contributed by atoms with E-state index in [0.717, 1.165) is 40.8 Å². The number of carbonyl (C=O) groups is 1. The number of fused-ring (bicyclic) bond motifs is 1. The second-order valence-corrected chi connectivity index (χ2v) is 7.85. The highest BCUT2D eigenvalue weighted by molar-refractivity contribution is 5.91. The lowest BCUT2D eigenvalue weighted by atomic mass is 10.1. The van der Waals surface area contributed by atoms with Gasteiger partial charge in [0.25, 0.3) is 0 Å². The zero-order valence-electron chi connectivity index (χ0n) is 17.6. The molecule has 1 amide bonds. The van der Waals surface area contributed by atoms with Gasteiger partial charge in [0.1, 0.15) is 11.3 Å². The van der Waals surface area contributed by atoms with Crippen molar-refractivity contribution in [1.29, 1.82) is 0 Å². The molecule has 1 N–H and O–H groups in total. The Hall–Kier alpha value is -2.55. The topological polar surface area (TPSA) is 42.2 Å². The minimum absolute atomic E-state index is 0.101. The van der Waals surface area contributed by atoms with Gasteiger partial charge in [0, 0.05) is 23.1 Å². The molecular formula is C26H33NO2. The summed E-state index contributed by atoms with van der Waals surface area (Å²) in [4.78, 5) is 12.2. The van der Waals surface area contributed by atoms with Crippen LogP contribution in [0.1, 0.15) is 71.1 Å². The van der Waals surface area contributed by atoms with Gasteiger partial charge < -0.3 is 9.73 Å². The maximum absolute atomic E-state index is 12.2. The van der Waals surface area contributed by atoms with E-state index in [9.17, 15) is 4.79 Å². The van der Waals surface area contributed by atoms with Gasteiger partial charge in [0.05, 0.1) is 0 Å². The van der Waals surface area contributed by atoms with Crippen molar-refractivity contribution < 1.29 is 9.21 Å². The number of furan rings is 1.